The van der Waals surface area contributed by atoms with Crippen molar-refractivity contribution in [3.8, 4) is 0 Å². The third-order valence-corrected chi connectivity index (χ3v) is 6.12. The van der Waals surface area contributed by atoms with Crippen LogP contribution in [0.1, 0.15) is 25.7 Å². The first kappa shape index (κ1) is 17.7. The number of likely N-dealkylation sites (tertiary alicyclic amines) is 1. The Balaban J connectivity index is 1.30. The maximum Gasteiger partial charge on any atom is 0.329 e. The third-order valence-electron chi connectivity index (χ3n) is 6.12. The minimum Gasteiger partial charge on any atom is -0.448 e. The van der Waals surface area contributed by atoms with Gasteiger partial charge in [0, 0.05) is 44.5 Å². The smallest absolute Gasteiger partial charge is 0.329 e. The number of ether oxygens (including phenoxy) is 1. The molecule has 1 aromatic rings. The molecule has 150 valence electrons. The SMILES string of the molecule is CC1CN(Cc2ncco2)CC1C1=NC2=CN(C3CCOCC3)CN2C(=O)N1. The zero-order valence-electron chi connectivity index (χ0n) is 16.1. The average Bonchev–Trinajstić information content (AvgIpc) is 3.43. The highest BCUT2D eigenvalue weighted by Gasteiger charge is 2.40. The van der Waals surface area contributed by atoms with Crippen molar-refractivity contribution in [2.24, 2.45) is 16.8 Å². The van der Waals surface area contributed by atoms with E-state index in [2.05, 4.69) is 27.0 Å². The Bertz CT molecular complexity index is 786. The van der Waals surface area contributed by atoms with E-state index in [1.807, 2.05) is 6.20 Å². The van der Waals surface area contributed by atoms with Crippen LogP contribution in [-0.2, 0) is 11.3 Å². The van der Waals surface area contributed by atoms with Crippen LogP contribution in [0.15, 0.2) is 33.9 Å². The molecule has 0 radical (unpaired) electrons. The first-order valence-electron chi connectivity index (χ1n) is 10.0. The van der Waals surface area contributed by atoms with Crippen molar-refractivity contribution in [1.29, 1.82) is 0 Å². The number of oxazole rings is 1. The summed E-state index contributed by atoms with van der Waals surface area (Å²) in [7, 11) is 0. The number of fused-ring (bicyclic) bond motifs is 1. The number of nitrogens with zero attached hydrogens (tertiary/aromatic N) is 5. The number of aliphatic imine (C=N–C) groups is 1. The molecule has 28 heavy (non-hydrogen) atoms. The Kier molecular flexibility index (Phi) is 4.56. The lowest BCUT2D eigenvalue weighted by Gasteiger charge is -2.32. The molecule has 2 unspecified atom stereocenters. The molecule has 2 saturated heterocycles. The lowest BCUT2D eigenvalue weighted by molar-refractivity contribution is 0.0459. The van der Waals surface area contributed by atoms with E-state index >= 15 is 0 Å². The second-order valence-corrected chi connectivity index (χ2v) is 8.05. The van der Waals surface area contributed by atoms with Crippen LogP contribution in [0.2, 0.25) is 0 Å². The summed E-state index contributed by atoms with van der Waals surface area (Å²) in [5.74, 6) is 2.85. The van der Waals surface area contributed by atoms with Gasteiger partial charge in [-0.25, -0.2) is 14.8 Å². The molecule has 0 saturated carbocycles. The number of nitrogens with one attached hydrogen (secondary N) is 1. The number of hydrogen-bond donors (Lipinski definition) is 1. The highest BCUT2D eigenvalue weighted by Crippen LogP contribution is 2.30. The fourth-order valence-corrected chi connectivity index (χ4v) is 4.57. The van der Waals surface area contributed by atoms with E-state index in [0.717, 1.165) is 56.7 Å². The molecule has 5 rings (SSSR count). The van der Waals surface area contributed by atoms with Crippen LogP contribution in [0.4, 0.5) is 4.79 Å². The van der Waals surface area contributed by atoms with Crippen molar-refractivity contribution in [2.75, 3.05) is 33.0 Å². The molecule has 0 aliphatic carbocycles. The van der Waals surface area contributed by atoms with Gasteiger partial charge in [-0.3, -0.25) is 15.1 Å². The van der Waals surface area contributed by atoms with E-state index in [9.17, 15) is 4.79 Å². The van der Waals surface area contributed by atoms with Gasteiger partial charge in [0.2, 0.25) is 5.89 Å². The van der Waals surface area contributed by atoms with Gasteiger partial charge in [0.1, 0.15) is 18.8 Å². The summed E-state index contributed by atoms with van der Waals surface area (Å²) in [6.45, 7) is 6.79. The number of urea groups is 1. The molecule has 0 aromatic carbocycles. The minimum absolute atomic E-state index is 0.0795. The van der Waals surface area contributed by atoms with Crippen molar-refractivity contribution in [2.45, 2.75) is 32.4 Å². The van der Waals surface area contributed by atoms with Gasteiger partial charge in [-0.2, -0.15) is 0 Å². The lowest BCUT2D eigenvalue weighted by atomic mass is 9.96. The second kappa shape index (κ2) is 7.21. The number of amidine groups is 1. The summed E-state index contributed by atoms with van der Waals surface area (Å²) < 4.78 is 10.8. The number of amides is 2. The third kappa shape index (κ3) is 3.29. The number of carbonyl (C=O) groups excluding carboxylic acids is 1. The molecule has 0 bridgehead atoms. The topological polar surface area (TPSA) is 86.4 Å². The Hall–Kier alpha value is -2.39. The quantitative estimate of drug-likeness (QED) is 0.842. The van der Waals surface area contributed by atoms with Crippen LogP contribution >= 0.6 is 0 Å². The Morgan fingerprint density at radius 1 is 1.29 bits per heavy atom. The van der Waals surface area contributed by atoms with Crippen LogP contribution < -0.4 is 5.32 Å². The maximum absolute atomic E-state index is 12.7. The maximum atomic E-state index is 12.7. The fourth-order valence-electron chi connectivity index (χ4n) is 4.57. The summed E-state index contributed by atoms with van der Waals surface area (Å²) in [5.41, 5.74) is 0. The summed E-state index contributed by atoms with van der Waals surface area (Å²) in [6, 6.07) is 0.337. The molecule has 9 nitrogen and oxygen atoms in total. The van der Waals surface area contributed by atoms with Crippen LogP contribution in [-0.4, -0.2) is 70.6 Å². The summed E-state index contributed by atoms with van der Waals surface area (Å²) >= 11 is 0. The van der Waals surface area contributed by atoms with E-state index in [4.69, 9.17) is 14.1 Å². The van der Waals surface area contributed by atoms with E-state index in [0.29, 0.717) is 25.2 Å². The summed E-state index contributed by atoms with van der Waals surface area (Å²) in [6.07, 6.45) is 7.29. The van der Waals surface area contributed by atoms with Crippen LogP contribution in [0.5, 0.6) is 0 Å². The van der Waals surface area contributed by atoms with E-state index in [-0.39, 0.29) is 11.9 Å². The average molecular weight is 386 g/mol. The predicted molar refractivity (Wildman–Crippen MR) is 101 cm³/mol. The summed E-state index contributed by atoms with van der Waals surface area (Å²) in [5, 5.41) is 3.04. The van der Waals surface area contributed by atoms with Gasteiger partial charge in [0.25, 0.3) is 0 Å². The van der Waals surface area contributed by atoms with Crippen molar-refractivity contribution in [1.82, 2.24) is 25.0 Å². The number of carbonyl (C=O) groups is 1. The van der Waals surface area contributed by atoms with Crippen LogP contribution in [0.3, 0.4) is 0 Å². The Labute approximate surface area is 164 Å². The lowest BCUT2D eigenvalue weighted by Crippen LogP contribution is -2.50. The molecule has 1 aromatic heterocycles. The molecule has 2 fully saturated rings. The van der Waals surface area contributed by atoms with Gasteiger partial charge in [0.05, 0.1) is 12.7 Å². The monoisotopic (exact) mass is 386 g/mol. The first-order valence-corrected chi connectivity index (χ1v) is 10.0. The van der Waals surface area contributed by atoms with E-state index < -0.39 is 0 Å². The van der Waals surface area contributed by atoms with E-state index in [1.165, 1.54) is 0 Å². The molecule has 0 spiro atoms. The van der Waals surface area contributed by atoms with E-state index in [1.54, 1.807) is 17.4 Å². The molecule has 9 heteroatoms. The first-order chi connectivity index (χ1) is 13.7. The molecule has 1 N–H and O–H groups in total. The van der Waals surface area contributed by atoms with Gasteiger partial charge in [-0.15, -0.1) is 0 Å². The van der Waals surface area contributed by atoms with Crippen LogP contribution in [0.25, 0.3) is 0 Å². The van der Waals surface area contributed by atoms with Gasteiger partial charge >= 0.3 is 6.03 Å². The molecule has 2 amide bonds. The molecule has 2 atom stereocenters. The van der Waals surface area contributed by atoms with Gasteiger partial charge in [0.15, 0.2) is 5.82 Å². The molecule has 4 aliphatic heterocycles. The van der Waals surface area contributed by atoms with Gasteiger partial charge < -0.3 is 14.1 Å². The predicted octanol–water partition coefficient (Wildman–Crippen LogP) is 1.42. The molecule has 4 aliphatic rings. The standard InChI is InChI=1S/C19H26N6O3/c1-13-8-23(11-17-20-4-7-28-17)9-15(13)18-21-16-10-24(12-25(16)19(26)22-18)14-2-5-27-6-3-14/h4,7,10,13-15H,2-3,5-6,8-9,11-12H2,1H3,(H,21,22,26). The Morgan fingerprint density at radius 3 is 2.93 bits per heavy atom. The van der Waals surface area contributed by atoms with Crippen molar-refractivity contribution < 1.29 is 13.9 Å². The molecule has 5 heterocycles. The highest BCUT2D eigenvalue weighted by molar-refractivity contribution is 6.02. The highest BCUT2D eigenvalue weighted by atomic mass is 16.5. The van der Waals surface area contributed by atoms with Crippen LogP contribution in [0, 0.1) is 11.8 Å². The minimum atomic E-state index is -0.0795. The molecular formula is C19H26N6O3. The van der Waals surface area contributed by atoms with Gasteiger partial charge in [-0.1, -0.05) is 6.92 Å². The van der Waals surface area contributed by atoms with Crippen molar-refractivity contribution in [3.05, 3.63) is 30.4 Å². The van der Waals surface area contributed by atoms with Crippen molar-refractivity contribution in [3.63, 3.8) is 0 Å². The summed E-state index contributed by atoms with van der Waals surface area (Å²) in [4.78, 5) is 28.0. The largest absolute Gasteiger partial charge is 0.448 e. The fraction of sp³-hybridized carbons (Fsp3) is 0.632. The number of rotatable bonds is 4. The second-order valence-electron chi connectivity index (χ2n) is 8.05. The normalized spacial score (nSPS) is 29.0. The molecular weight excluding hydrogens is 360 g/mol. The number of hydrogen-bond acceptors (Lipinski definition) is 7. The zero-order valence-corrected chi connectivity index (χ0v) is 16.1. The zero-order chi connectivity index (χ0) is 19.1. The number of aromatic nitrogens is 1. The van der Waals surface area contributed by atoms with Crippen molar-refractivity contribution >= 4 is 11.9 Å². The Morgan fingerprint density at radius 2 is 2.14 bits per heavy atom. The van der Waals surface area contributed by atoms with Gasteiger partial charge in [-0.05, 0) is 18.8 Å².